The van der Waals surface area contributed by atoms with Crippen LogP contribution in [0.15, 0.2) is 0 Å². The molecule has 0 atom stereocenters. The van der Waals surface area contributed by atoms with Crippen molar-refractivity contribution >= 4 is 8.53 Å². The zero-order valence-electron chi connectivity index (χ0n) is 8.52. The third-order valence-electron chi connectivity index (χ3n) is 1.37. The molecule has 0 aromatic carbocycles. The first kappa shape index (κ1) is 16.6. The van der Waals surface area contributed by atoms with Crippen LogP contribution in [-0.4, -0.2) is 36.0 Å². The average Bonchev–Trinajstić information content (AvgIpc) is 2.10. The van der Waals surface area contributed by atoms with E-state index in [0.717, 1.165) is 39.0 Å². The Kier molecular flexibility index (Phi) is 18.6. The maximum absolute atomic E-state index is 7.45. The summed E-state index contributed by atoms with van der Waals surface area (Å²) in [6.07, 6.45) is 3.37. The summed E-state index contributed by atoms with van der Waals surface area (Å²) in [5.41, 5.74) is 14.9. The highest BCUT2D eigenvalue weighted by molar-refractivity contribution is 7.42. The third kappa shape index (κ3) is 29.5. The van der Waals surface area contributed by atoms with Gasteiger partial charge in [-0.25, -0.2) is 0 Å². The summed E-state index contributed by atoms with van der Waals surface area (Å²) in [5.74, 6) is 0. The molecule has 0 heterocycles. The van der Waals surface area contributed by atoms with Crippen LogP contribution in [0, 0.1) is 0 Å². The van der Waals surface area contributed by atoms with Gasteiger partial charge >= 0.3 is 0 Å². The molecule has 0 aliphatic rings. The molecule has 0 spiro atoms. The molecule has 0 aromatic rings. The van der Waals surface area contributed by atoms with Gasteiger partial charge in [0, 0.05) is 0 Å². The lowest BCUT2D eigenvalue weighted by Crippen LogP contribution is -2.19. The second kappa shape index (κ2) is 15.7. The smallest absolute Gasteiger partial charge is 0.247 e. The van der Waals surface area contributed by atoms with E-state index < -0.39 is 8.53 Å². The number of hydrogen-bond acceptors (Lipinski definition) is 6. The van der Waals surface area contributed by atoms with Crippen LogP contribution in [-0.2, 0) is 0 Å². The number of nitrogens with two attached hydrogens (primary N) is 3. The van der Waals surface area contributed by atoms with Crippen molar-refractivity contribution < 1.29 is 9.79 Å². The third-order valence-corrected chi connectivity index (χ3v) is 1.37. The quantitative estimate of drug-likeness (QED) is 0.239. The van der Waals surface area contributed by atoms with E-state index in [9.17, 15) is 0 Å². The second-order valence-corrected chi connectivity index (χ2v) is 3.35. The van der Waals surface area contributed by atoms with Crippen LogP contribution in [0.5, 0.6) is 0 Å². The van der Waals surface area contributed by atoms with E-state index in [-0.39, 0.29) is 0 Å². The zero-order valence-corrected chi connectivity index (χ0v) is 9.42. The minimum absolute atomic E-state index is 0.782. The predicted octanol–water partition coefficient (Wildman–Crippen LogP) is -1.18. The van der Waals surface area contributed by atoms with Gasteiger partial charge in [-0.1, -0.05) is 0 Å². The molecule has 0 aliphatic carbocycles. The van der Waals surface area contributed by atoms with Crippen molar-refractivity contribution in [1.29, 1.82) is 0 Å². The Morgan fingerprint density at radius 2 is 1.36 bits per heavy atom. The fraction of sp³-hybridized carbons (Fsp3) is 1.00. The van der Waals surface area contributed by atoms with Gasteiger partial charge in [0.2, 0.25) is 8.53 Å². The van der Waals surface area contributed by atoms with Crippen LogP contribution in [0.3, 0.4) is 0 Å². The fourth-order valence-corrected chi connectivity index (χ4v) is 0.746. The molecule has 0 rings (SSSR count). The Hall–Kier alpha value is 0.190. The van der Waals surface area contributed by atoms with Gasteiger partial charge in [-0.2, -0.15) is 0 Å². The van der Waals surface area contributed by atoms with E-state index >= 15 is 0 Å². The number of unbranched alkanes of at least 4 members (excludes halogenated alkanes) is 1. The summed E-state index contributed by atoms with van der Waals surface area (Å²) in [5, 5.41) is 3.29. The average molecular weight is 226 g/mol. The van der Waals surface area contributed by atoms with E-state index in [4.69, 9.17) is 21.3 Å². The highest BCUT2D eigenvalue weighted by Crippen LogP contribution is 2.05. The molecular formula is C7H23N4O2P. The molecule has 88 valence electrons. The van der Waals surface area contributed by atoms with Crippen LogP contribution in [0.4, 0.5) is 0 Å². The van der Waals surface area contributed by atoms with Crippen molar-refractivity contribution in [2.24, 2.45) is 17.0 Å². The van der Waals surface area contributed by atoms with Crippen molar-refractivity contribution in [2.45, 2.75) is 19.3 Å². The summed E-state index contributed by atoms with van der Waals surface area (Å²) >= 11 is 0. The Bertz CT molecular complexity index is 87.0. The van der Waals surface area contributed by atoms with E-state index in [2.05, 4.69) is 10.8 Å². The van der Waals surface area contributed by atoms with E-state index in [1.54, 1.807) is 0 Å². The van der Waals surface area contributed by atoms with E-state index in [1.807, 2.05) is 0 Å². The molecule has 0 aliphatic heterocycles. The summed E-state index contributed by atoms with van der Waals surface area (Å²) < 4.78 is 0. The molecule has 0 unspecified atom stereocenters. The molecule has 0 saturated carbocycles. The van der Waals surface area contributed by atoms with Gasteiger partial charge in [0.25, 0.3) is 0 Å². The van der Waals surface area contributed by atoms with Gasteiger partial charge in [-0.05, 0) is 45.4 Å². The minimum atomic E-state index is -2.12. The molecule has 14 heavy (non-hydrogen) atoms. The monoisotopic (exact) mass is 226 g/mol. The summed E-state index contributed by atoms with van der Waals surface area (Å²) in [6.45, 7) is 3.71. The first-order valence-electron chi connectivity index (χ1n) is 4.68. The minimum Gasteiger partial charge on any atom is -0.338 e. The molecular weight excluding hydrogens is 203 g/mol. The molecule has 0 amide bonds. The second-order valence-electron chi connectivity index (χ2n) is 2.71. The maximum Gasteiger partial charge on any atom is 0.247 e. The van der Waals surface area contributed by atoms with Crippen LogP contribution < -0.4 is 22.3 Å². The Labute approximate surface area is 86.8 Å². The lowest BCUT2D eigenvalue weighted by molar-refractivity contribution is 0.485. The van der Waals surface area contributed by atoms with Gasteiger partial charge in [0.1, 0.15) is 0 Å². The Morgan fingerprint density at radius 3 is 1.79 bits per heavy atom. The molecule has 9 N–H and O–H groups in total. The van der Waals surface area contributed by atoms with Crippen LogP contribution in [0.1, 0.15) is 19.3 Å². The first-order chi connectivity index (χ1) is 6.65. The highest BCUT2D eigenvalue weighted by atomic mass is 31.2. The van der Waals surface area contributed by atoms with Crippen LogP contribution >= 0.6 is 8.53 Å². The lowest BCUT2D eigenvalue weighted by atomic mass is 10.3. The van der Waals surface area contributed by atoms with Crippen molar-refractivity contribution in [3.8, 4) is 0 Å². The predicted molar refractivity (Wildman–Crippen MR) is 60.4 cm³/mol. The summed E-state index contributed by atoms with van der Waals surface area (Å²) in [7, 11) is -2.12. The molecule has 6 nitrogen and oxygen atoms in total. The fourth-order valence-electron chi connectivity index (χ4n) is 0.746. The van der Waals surface area contributed by atoms with E-state index in [1.165, 1.54) is 6.42 Å². The Morgan fingerprint density at radius 1 is 0.929 bits per heavy atom. The molecule has 0 saturated heterocycles. The largest absolute Gasteiger partial charge is 0.338 e. The first-order valence-corrected chi connectivity index (χ1v) is 6.00. The molecule has 0 bridgehead atoms. The topological polar surface area (TPSA) is 131 Å². The van der Waals surface area contributed by atoms with Crippen molar-refractivity contribution in [1.82, 2.24) is 5.32 Å². The molecule has 7 heteroatoms. The summed E-state index contributed by atoms with van der Waals surface area (Å²) in [6, 6.07) is 0. The van der Waals surface area contributed by atoms with Gasteiger partial charge in [-0.15, -0.1) is 0 Å². The number of rotatable bonds is 7. The van der Waals surface area contributed by atoms with E-state index in [0.29, 0.717) is 0 Å². The Balaban J connectivity index is 0. The number of nitrogens with one attached hydrogen (secondary N) is 1. The van der Waals surface area contributed by atoms with Crippen molar-refractivity contribution in [2.75, 3.05) is 26.2 Å². The van der Waals surface area contributed by atoms with Gasteiger partial charge in [0.15, 0.2) is 0 Å². The van der Waals surface area contributed by atoms with Crippen molar-refractivity contribution in [3.05, 3.63) is 0 Å². The lowest BCUT2D eigenvalue weighted by Gasteiger charge is -2.01. The summed E-state index contributed by atoms with van der Waals surface area (Å²) in [4.78, 5) is 14.9. The van der Waals surface area contributed by atoms with Gasteiger partial charge < -0.3 is 26.6 Å². The molecule has 0 radical (unpaired) electrons. The van der Waals surface area contributed by atoms with Gasteiger partial charge in [0.05, 0.1) is 0 Å². The number of hydrogen-bond donors (Lipinski definition) is 6. The molecule has 0 aromatic heterocycles. The highest BCUT2D eigenvalue weighted by Gasteiger charge is 1.85. The normalized spacial score (nSPS) is 9.86. The molecule has 0 fully saturated rings. The SMILES string of the molecule is NCCCCNCCCN.NP(O)O. The zero-order chi connectivity index (χ0) is 11.2. The van der Waals surface area contributed by atoms with Crippen molar-refractivity contribution in [3.63, 3.8) is 0 Å². The standard InChI is InChI=1S/C7H19N3.H4NO2P/c8-4-1-2-6-10-7-3-5-9;1-4(2)3/h10H,1-9H2;2-3H,1H2. The van der Waals surface area contributed by atoms with Gasteiger partial charge in [-0.3, -0.25) is 5.50 Å². The van der Waals surface area contributed by atoms with Crippen LogP contribution in [0.25, 0.3) is 0 Å². The maximum atomic E-state index is 7.45. The van der Waals surface area contributed by atoms with Crippen LogP contribution in [0.2, 0.25) is 0 Å².